The van der Waals surface area contributed by atoms with Crippen molar-refractivity contribution in [2.45, 2.75) is 12.1 Å². The summed E-state index contributed by atoms with van der Waals surface area (Å²) >= 11 is 0. The number of aliphatic hydroxyl groups excluding tert-OH is 1. The van der Waals surface area contributed by atoms with Gasteiger partial charge in [-0.25, -0.2) is 5.48 Å². The average molecular weight is 349 g/mol. The highest BCUT2D eigenvalue weighted by Gasteiger charge is 2.27. The van der Waals surface area contributed by atoms with Crippen molar-refractivity contribution in [3.8, 4) is 11.8 Å². The number of benzene rings is 1. The molecular weight excluding hydrogens is 330 g/mol. The van der Waals surface area contributed by atoms with Crippen molar-refractivity contribution < 1.29 is 29.4 Å². The molecule has 1 rings (SSSR count). The Kier molecular flexibility index (Phi) is 8.08. The van der Waals surface area contributed by atoms with Crippen molar-refractivity contribution in [3.05, 3.63) is 35.4 Å². The standard InChI is InChI=1S/C16H19N3O6/c1-17-15(22)13(16(23)19-24)18-14(21)11-6-3-10(4-7-11)5-8-12(9-20)25-2/h3-4,6-7,12-13,20,24H,9H2,1-2H3,(H,17,22)(H,18,21)(H,19,23). The molecule has 0 radical (unpaired) electrons. The number of methoxy groups -OCH3 is 1. The van der Waals surface area contributed by atoms with Crippen molar-refractivity contribution in [2.24, 2.45) is 0 Å². The summed E-state index contributed by atoms with van der Waals surface area (Å²) in [6.07, 6.45) is -0.603. The lowest BCUT2D eigenvalue weighted by atomic mass is 10.1. The molecule has 3 amide bonds. The van der Waals surface area contributed by atoms with Crippen molar-refractivity contribution in [3.63, 3.8) is 0 Å². The van der Waals surface area contributed by atoms with Crippen LogP contribution in [0, 0.1) is 11.8 Å². The first kappa shape index (κ1) is 20.1. The van der Waals surface area contributed by atoms with E-state index in [1.54, 1.807) is 12.1 Å². The quantitative estimate of drug-likeness (QED) is 0.181. The molecule has 0 saturated carbocycles. The third-order valence-corrected chi connectivity index (χ3v) is 3.13. The smallest absolute Gasteiger partial charge is 0.275 e. The van der Waals surface area contributed by atoms with Crippen LogP contribution in [-0.2, 0) is 14.3 Å². The lowest BCUT2D eigenvalue weighted by molar-refractivity contribution is -0.137. The zero-order valence-electron chi connectivity index (χ0n) is 13.7. The van der Waals surface area contributed by atoms with Gasteiger partial charge in [-0.15, -0.1) is 0 Å². The maximum atomic E-state index is 12.1. The summed E-state index contributed by atoms with van der Waals surface area (Å²) < 4.78 is 4.91. The molecule has 2 unspecified atom stereocenters. The molecular formula is C16H19N3O6. The number of likely N-dealkylation sites (N-methyl/N-ethyl adjacent to an activating group) is 1. The highest BCUT2D eigenvalue weighted by molar-refractivity contribution is 6.08. The number of nitrogens with one attached hydrogen (secondary N) is 3. The Bertz CT molecular complexity index is 657. The molecule has 0 heterocycles. The summed E-state index contributed by atoms with van der Waals surface area (Å²) in [5, 5.41) is 22.0. The van der Waals surface area contributed by atoms with Crippen LogP contribution in [0.1, 0.15) is 15.9 Å². The maximum absolute atomic E-state index is 12.1. The first-order valence-electron chi connectivity index (χ1n) is 7.18. The van der Waals surface area contributed by atoms with E-state index in [-0.39, 0.29) is 12.2 Å². The molecule has 0 aromatic heterocycles. The van der Waals surface area contributed by atoms with E-state index in [4.69, 9.17) is 15.1 Å². The second-order valence-corrected chi connectivity index (χ2v) is 4.75. The SMILES string of the molecule is CNC(=O)C(NC(=O)c1ccc(C#CC(CO)OC)cc1)C(=O)NO. The number of carbonyl (C=O) groups is 3. The van der Waals surface area contributed by atoms with Crippen LogP contribution in [0.3, 0.4) is 0 Å². The van der Waals surface area contributed by atoms with E-state index in [2.05, 4.69) is 22.5 Å². The monoisotopic (exact) mass is 349 g/mol. The Balaban J connectivity index is 2.85. The van der Waals surface area contributed by atoms with Crippen molar-refractivity contribution in [2.75, 3.05) is 20.8 Å². The predicted molar refractivity (Wildman–Crippen MR) is 86.5 cm³/mol. The number of hydroxylamine groups is 1. The van der Waals surface area contributed by atoms with Crippen LogP contribution in [-0.4, -0.2) is 60.9 Å². The summed E-state index contributed by atoms with van der Waals surface area (Å²) in [6, 6.07) is 4.46. The summed E-state index contributed by atoms with van der Waals surface area (Å²) in [7, 11) is 2.72. The second-order valence-electron chi connectivity index (χ2n) is 4.75. The molecule has 134 valence electrons. The molecule has 1 aromatic carbocycles. The Morgan fingerprint density at radius 3 is 2.32 bits per heavy atom. The fourth-order valence-electron chi connectivity index (χ4n) is 1.72. The van der Waals surface area contributed by atoms with E-state index >= 15 is 0 Å². The lowest BCUT2D eigenvalue weighted by Gasteiger charge is -2.15. The first-order valence-corrected chi connectivity index (χ1v) is 7.18. The van der Waals surface area contributed by atoms with E-state index in [0.29, 0.717) is 5.56 Å². The third-order valence-electron chi connectivity index (χ3n) is 3.13. The molecule has 1 aromatic rings. The van der Waals surface area contributed by atoms with E-state index < -0.39 is 29.9 Å². The van der Waals surface area contributed by atoms with E-state index in [9.17, 15) is 14.4 Å². The number of hydrogen-bond acceptors (Lipinski definition) is 6. The van der Waals surface area contributed by atoms with Gasteiger partial charge < -0.3 is 20.5 Å². The highest BCUT2D eigenvalue weighted by atomic mass is 16.5. The van der Waals surface area contributed by atoms with Gasteiger partial charge in [0, 0.05) is 25.3 Å². The van der Waals surface area contributed by atoms with E-state index in [1.165, 1.54) is 31.8 Å². The van der Waals surface area contributed by atoms with Gasteiger partial charge in [0.2, 0.25) is 0 Å². The van der Waals surface area contributed by atoms with Crippen LogP contribution in [0.15, 0.2) is 24.3 Å². The minimum Gasteiger partial charge on any atom is -0.393 e. The molecule has 0 aliphatic heterocycles. The maximum Gasteiger partial charge on any atom is 0.275 e. The normalized spacial score (nSPS) is 12.2. The largest absolute Gasteiger partial charge is 0.393 e. The highest BCUT2D eigenvalue weighted by Crippen LogP contribution is 2.04. The van der Waals surface area contributed by atoms with Gasteiger partial charge in [-0.1, -0.05) is 11.8 Å². The number of hydrogen-bond donors (Lipinski definition) is 5. The van der Waals surface area contributed by atoms with Crippen LogP contribution in [0.25, 0.3) is 0 Å². The number of aliphatic hydroxyl groups is 1. The minimum absolute atomic E-state index is 0.190. The van der Waals surface area contributed by atoms with E-state index in [0.717, 1.165) is 0 Å². The summed E-state index contributed by atoms with van der Waals surface area (Å²) in [5.41, 5.74) is 2.10. The third kappa shape index (κ3) is 5.89. The summed E-state index contributed by atoms with van der Waals surface area (Å²) in [6.45, 7) is -0.238. The van der Waals surface area contributed by atoms with Crippen LogP contribution in [0.4, 0.5) is 0 Å². The minimum atomic E-state index is -1.58. The molecule has 0 aliphatic rings. The topological polar surface area (TPSA) is 137 Å². The van der Waals surface area contributed by atoms with E-state index in [1.807, 2.05) is 0 Å². The van der Waals surface area contributed by atoms with Gasteiger partial charge in [-0.2, -0.15) is 0 Å². The second kappa shape index (κ2) is 10.0. The fraction of sp³-hybridized carbons (Fsp3) is 0.312. The van der Waals surface area contributed by atoms with Gasteiger partial charge in [0.05, 0.1) is 6.61 Å². The Morgan fingerprint density at radius 1 is 1.20 bits per heavy atom. The van der Waals surface area contributed by atoms with Gasteiger partial charge in [0.1, 0.15) is 6.10 Å². The molecule has 0 saturated heterocycles. The fourth-order valence-corrected chi connectivity index (χ4v) is 1.72. The first-order chi connectivity index (χ1) is 12.0. The van der Waals surface area contributed by atoms with Gasteiger partial charge in [-0.05, 0) is 24.3 Å². The number of amides is 3. The molecule has 0 aliphatic carbocycles. The average Bonchev–Trinajstić information content (AvgIpc) is 2.65. The molecule has 0 bridgehead atoms. The summed E-state index contributed by atoms with van der Waals surface area (Å²) in [4.78, 5) is 35.2. The molecule has 0 fully saturated rings. The molecule has 5 N–H and O–H groups in total. The van der Waals surface area contributed by atoms with Crippen molar-refractivity contribution >= 4 is 17.7 Å². The Morgan fingerprint density at radius 2 is 1.84 bits per heavy atom. The molecule has 2 atom stereocenters. The van der Waals surface area contributed by atoms with Crippen molar-refractivity contribution in [1.82, 2.24) is 16.1 Å². The number of carbonyl (C=O) groups excluding carboxylic acids is 3. The van der Waals surface area contributed by atoms with Crippen LogP contribution in [0.2, 0.25) is 0 Å². The van der Waals surface area contributed by atoms with Gasteiger partial charge >= 0.3 is 0 Å². The summed E-state index contributed by atoms with van der Waals surface area (Å²) in [5.74, 6) is 2.96. The molecule has 9 heteroatoms. The van der Waals surface area contributed by atoms with Crippen LogP contribution in [0.5, 0.6) is 0 Å². The van der Waals surface area contributed by atoms with Crippen LogP contribution >= 0.6 is 0 Å². The number of rotatable bonds is 6. The zero-order valence-corrected chi connectivity index (χ0v) is 13.7. The Hall–Kier alpha value is -2.93. The Labute approximate surface area is 144 Å². The zero-order chi connectivity index (χ0) is 18.8. The van der Waals surface area contributed by atoms with Gasteiger partial charge in [0.25, 0.3) is 17.7 Å². The predicted octanol–water partition coefficient (Wildman–Crippen LogP) is -1.60. The lowest BCUT2D eigenvalue weighted by Crippen LogP contribution is -2.54. The number of ether oxygens (including phenoxy) is 1. The van der Waals surface area contributed by atoms with Crippen LogP contribution < -0.4 is 16.1 Å². The van der Waals surface area contributed by atoms with Gasteiger partial charge in [0.15, 0.2) is 6.04 Å². The molecule has 25 heavy (non-hydrogen) atoms. The van der Waals surface area contributed by atoms with Crippen molar-refractivity contribution in [1.29, 1.82) is 0 Å². The molecule has 0 spiro atoms. The molecule has 9 nitrogen and oxygen atoms in total. The van der Waals surface area contributed by atoms with Gasteiger partial charge in [-0.3, -0.25) is 19.6 Å².